The van der Waals surface area contributed by atoms with Crippen molar-refractivity contribution in [3.63, 3.8) is 0 Å². The van der Waals surface area contributed by atoms with E-state index in [0.717, 1.165) is 31.6 Å². The first-order valence-electron chi connectivity index (χ1n) is 6.11. The highest BCUT2D eigenvalue weighted by molar-refractivity contribution is 6.32. The Bertz CT molecular complexity index is 445. The van der Waals surface area contributed by atoms with Crippen molar-refractivity contribution >= 4 is 23.3 Å². The molecule has 1 fully saturated rings. The number of carboxylic acids is 1. The average molecular weight is 269 g/mol. The van der Waals surface area contributed by atoms with Crippen LogP contribution in [0.2, 0.25) is 5.02 Å². The molecule has 0 radical (unpaired) electrons. The summed E-state index contributed by atoms with van der Waals surface area (Å²) >= 11 is 6.18. The summed E-state index contributed by atoms with van der Waals surface area (Å²) in [5, 5.41) is 9.74. The van der Waals surface area contributed by atoms with Crippen LogP contribution < -0.4 is 10.6 Å². The van der Waals surface area contributed by atoms with Gasteiger partial charge in [0.15, 0.2) is 0 Å². The number of hydrogen-bond acceptors (Lipinski definition) is 3. The lowest BCUT2D eigenvalue weighted by molar-refractivity contribution is -0.138. The third-order valence-corrected chi connectivity index (χ3v) is 3.69. The molecule has 1 unspecified atom stereocenters. The number of nitrogens with two attached hydrogens (primary N) is 1. The number of hydrogen-bond donors (Lipinski definition) is 2. The molecule has 1 aliphatic rings. The van der Waals surface area contributed by atoms with Crippen LogP contribution in [0.1, 0.15) is 24.3 Å². The van der Waals surface area contributed by atoms with Gasteiger partial charge in [0.1, 0.15) is 0 Å². The Hall–Kier alpha value is -1.26. The molecule has 1 aromatic rings. The maximum atomic E-state index is 11.3. The molecule has 0 aromatic heterocycles. The zero-order valence-electron chi connectivity index (χ0n) is 10.1. The van der Waals surface area contributed by atoms with E-state index in [1.165, 1.54) is 0 Å². The topological polar surface area (TPSA) is 66.6 Å². The minimum absolute atomic E-state index is 0.0555. The lowest BCUT2D eigenvalue weighted by atomic mass is 9.96. The zero-order chi connectivity index (χ0) is 13.1. The second kappa shape index (κ2) is 5.59. The largest absolute Gasteiger partial charge is 0.481 e. The summed E-state index contributed by atoms with van der Waals surface area (Å²) in [5.74, 6) is -1.67. The lowest BCUT2D eigenvalue weighted by Crippen LogP contribution is -2.26. The van der Waals surface area contributed by atoms with Crippen molar-refractivity contribution in [1.29, 1.82) is 0 Å². The number of aliphatic carboxylic acids is 1. The summed E-state index contributed by atoms with van der Waals surface area (Å²) in [6, 6.07) is 5.51. The number of benzene rings is 1. The van der Waals surface area contributed by atoms with E-state index in [-0.39, 0.29) is 6.54 Å². The molecule has 0 bridgehead atoms. The number of rotatable bonds is 4. The molecule has 18 heavy (non-hydrogen) atoms. The molecule has 0 amide bonds. The third-order valence-electron chi connectivity index (χ3n) is 3.36. The summed E-state index contributed by atoms with van der Waals surface area (Å²) in [4.78, 5) is 13.5. The van der Waals surface area contributed by atoms with E-state index in [9.17, 15) is 9.90 Å². The molecular formula is C13H17ClN2O2. The highest BCUT2D eigenvalue weighted by atomic mass is 35.5. The molecule has 0 saturated carbocycles. The van der Waals surface area contributed by atoms with Crippen LogP contribution in [0.5, 0.6) is 0 Å². The van der Waals surface area contributed by atoms with Gasteiger partial charge in [-0.15, -0.1) is 0 Å². The fourth-order valence-electron chi connectivity index (χ4n) is 2.45. The fourth-order valence-corrected chi connectivity index (χ4v) is 2.75. The Labute approximate surface area is 111 Å². The van der Waals surface area contributed by atoms with Gasteiger partial charge in [-0.2, -0.15) is 0 Å². The molecule has 1 atom stereocenters. The Morgan fingerprint density at radius 3 is 2.67 bits per heavy atom. The van der Waals surface area contributed by atoms with Gasteiger partial charge in [-0.25, -0.2) is 0 Å². The normalized spacial score (nSPS) is 16.9. The summed E-state index contributed by atoms with van der Waals surface area (Å²) in [6.07, 6.45) is 2.26. The molecule has 4 nitrogen and oxygen atoms in total. The van der Waals surface area contributed by atoms with Gasteiger partial charge in [-0.05, 0) is 25.0 Å². The van der Waals surface area contributed by atoms with E-state index < -0.39 is 11.9 Å². The van der Waals surface area contributed by atoms with Crippen LogP contribution in [0.3, 0.4) is 0 Å². The van der Waals surface area contributed by atoms with Crippen LogP contribution in [-0.2, 0) is 4.79 Å². The second-order valence-corrected chi connectivity index (χ2v) is 4.90. The Morgan fingerprint density at radius 1 is 1.44 bits per heavy atom. The van der Waals surface area contributed by atoms with Crippen LogP contribution >= 0.6 is 11.6 Å². The predicted molar refractivity (Wildman–Crippen MR) is 72.3 cm³/mol. The Balaban J connectivity index is 2.45. The fraction of sp³-hybridized carbons (Fsp3) is 0.462. The van der Waals surface area contributed by atoms with Gasteiger partial charge in [0, 0.05) is 35.9 Å². The molecule has 5 heteroatoms. The molecule has 0 aliphatic carbocycles. The molecule has 1 aromatic carbocycles. The number of carbonyl (C=O) groups is 1. The van der Waals surface area contributed by atoms with Gasteiger partial charge < -0.3 is 15.7 Å². The first-order chi connectivity index (χ1) is 8.65. The van der Waals surface area contributed by atoms with Crippen LogP contribution in [0.15, 0.2) is 18.2 Å². The highest BCUT2D eigenvalue weighted by Gasteiger charge is 2.27. The summed E-state index contributed by atoms with van der Waals surface area (Å²) < 4.78 is 0. The predicted octanol–water partition coefficient (Wildman–Crippen LogP) is 2.07. The van der Waals surface area contributed by atoms with E-state index >= 15 is 0 Å². The van der Waals surface area contributed by atoms with Crippen molar-refractivity contribution in [3.8, 4) is 0 Å². The minimum atomic E-state index is -0.925. The number of anilines is 1. The van der Waals surface area contributed by atoms with Crippen molar-refractivity contribution in [2.45, 2.75) is 18.8 Å². The minimum Gasteiger partial charge on any atom is -0.481 e. The lowest BCUT2D eigenvalue weighted by Gasteiger charge is -2.24. The maximum Gasteiger partial charge on any atom is 0.312 e. The van der Waals surface area contributed by atoms with Crippen molar-refractivity contribution in [3.05, 3.63) is 28.8 Å². The number of carboxylic acid groups (broad SMARTS) is 1. The SMILES string of the molecule is NCC(C(=O)O)c1c(Cl)cccc1N1CCCC1. The molecule has 2 rings (SSSR count). The van der Waals surface area contributed by atoms with E-state index in [1.807, 2.05) is 12.1 Å². The standard InChI is InChI=1S/C13H17ClN2O2/c14-10-4-3-5-11(16-6-1-2-7-16)12(10)9(8-15)13(17)18/h3-5,9H,1-2,6-8,15H2,(H,17,18). The first-order valence-corrected chi connectivity index (χ1v) is 6.49. The van der Waals surface area contributed by atoms with Gasteiger partial charge in [0.05, 0.1) is 5.92 Å². The van der Waals surface area contributed by atoms with E-state index in [0.29, 0.717) is 10.6 Å². The quantitative estimate of drug-likeness (QED) is 0.877. The summed E-state index contributed by atoms with van der Waals surface area (Å²) in [5.41, 5.74) is 7.15. The van der Waals surface area contributed by atoms with Gasteiger partial charge in [-0.3, -0.25) is 4.79 Å². The monoisotopic (exact) mass is 268 g/mol. The maximum absolute atomic E-state index is 11.3. The van der Waals surface area contributed by atoms with Crippen LogP contribution in [0, 0.1) is 0 Å². The van der Waals surface area contributed by atoms with E-state index in [2.05, 4.69) is 4.90 Å². The molecule has 1 heterocycles. The first kappa shape index (κ1) is 13.2. The van der Waals surface area contributed by atoms with Gasteiger partial charge >= 0.3 is 5.97 Å². The number of nitrogens with zero attached hydrogens (tertiary/aromatic N) is 1. The smallest absolute Gasteiger partial charge is 0.312 e. The summed E-state index contributed by atoms with van der Waals surface area (Å²) in [6.45, 7) is 1.95. The average Bonchev–Trinajstić information content (AvgIpc) is 2.85. The van der Waals surface area contributed by atoms with Crippen LogP contribution in [0.25, 0.3) is 0 Å². The highest BCUT2D eigenvalue weighted by Crippen LogP contribution is 2.35. The van der Waals surface area contributed by atoms with Crippen molar-refractivity contribution < 1.29 is 9.90 Å². The number of halogens is 1. The van der Waals surface area contributed by atoms with Crippen LogP contribution in [-0.4, -0.2) is 30.7 Å². The Morgan fingerprint density at radius 2 is 2.11 bits per heavy atom. The van der Waals surface area contributed by atoms with E-state index in [1.54, 1.807) is 6.07 Å². The molecule has 1 saturated heterocycles. The molecule has 3 N–H and O–H groups in total. The van der Waals surface area contributed by atoms with Crippen molar-refractivity contribution in [2.24, 2.45) is 5.73 Å². The van der Waals surface area contributed by atoms with Crippen LogP contribution in [0.4, 0.5) is 5.69 Å². The van der Waals surface area contributed by atoms with Gasteiger partial charge in [-0.1, -0.05) is 17.7 Å². The van der Waals surface area contributed by atoms with Gasteiger partial charge in [0.2, 0.25) is 0 Å². The zero-order valence-corrected chi connectivity index (χ0v) is 10.9. The molecule has 0 spiro atoms. The second-order valence-electron chi connectivity index (χ2n) is 4.49. The Kier molecular flexibility index (Phi) is 4.09. The van der Waals surface area contributed by atoms with Crippen molar-refractivity contribution in [2.75, 3.05) is 24.5 Å². The molecular weight excluding hydrogens is 252 g/mol. The molecule has 1 aliphatic heterocycles. The van der Waals surface area contributed by atoms with Gasteiger partial charge in [0.25, 0.3) is 0 Å². The van der Waals surface area contributed by atoms with Crippen molar-refractivity contribution in [1.82, 2.24) is 0 Å². The molecule has 98 valence electrons. The summed E-state index contributed by atoms with van der Waals surface area (Å²) in [7, 11) is 0. The van der Waals surface area contributed by atoms with E-state index in [4.69, 9.17) is 17.3 Å². The third kappa shape index (κ3) is 2.44.